The molecule has 0 spiro atoms. The predicted octanol–water partition coefficient (Wildman–Crippen LogP) is 6.16. The molecule has 3 aromatic carbocycles. The lowest BCUT2D eigenvalue weighted by Crippen LogP contribution is -2.34. The molecule has 0 saturated carbocycles. The quantitative estimate of drug-likeness (QED) is 0.240. The number of halogens is 1. The van der Waals surface area contributed by atoms with Crippen molar-refractivity contribution < 1.29 is 14.3 Å². The van der Waals surface area contributed by atoms with Crippen LogP contribution in [0.3, 0.4) is 0 Å². The molecule has 0 fully saturated rings. The molecule has 0 aliphatic rings. The minimum absolute atomic E-state index is 0.0621. The molecule has 3 N–H and O–H groups in total. The first kappa shape index (κ1) is 22.8. The third kappa shape index (κ3) is 4.84. The van der Waals surface area contributed by atoms with E-state index in [9.17, 15) is 9.90 Å². The van der Waals surface area contributed by atoms with Gasteiger partial charge >= 0.3 is 0 Å². The van der Waals surface area contributed by atoms with Crippen molar-refractivity contribution in [2.45, 2.75) is 27.2 Å². The number of amides is 1. The lowest BCUT2D eigenvalue weighted by atomic mass is 10.1. The Hall–Kier alpha value is -3.42. The second-order valence-corrected chi connectivity index (χ2v) is 8.55. The molecule has 4 aromatic rings. The molecule has 0 saturated heterocycles. The second kappa shape index (κ2) is 9.21. The van der Waals surface area contributed by atoms with E-state index >= 15 is 0 Å². The highest BCUT2D eigenvalue weighted by Gasteiger charge is 2.17. The van der Waals surface area contributed by atoms with Gasteiger partial charge in [-0.15, -0.1) is 0 Å². The molecular formula is C25H22ClN3O3S. The zero-order valence-corrected chi connectivity index (χ0v) is 19.9. The molecule has 33 heavy (non-hydrogen) atoms. The van der Waals surface area contributed by atoms with Crippen molar-refractivity contribution in [2.24, 2.45) is 0 Å². The molecule has 0 aliphatic carbocycles. The van der Waals surface area contributed by atoms with E-state index in [1.54, 1.807) is 37.3 Å². The van der Waals surface area contributed by atoms with E-state index in [1.807, 2.05) is 25.1 Å². The largest absolute Gasteiger partial charge is 0.507 e. The van der Waals surface area contributed by atoms with Crippen LogP contribution in [0.4, 0.5) is 5.69 Å². The predicted molar refractivity (Wildman–Crippen MR) is 135 cm³/mol. The molecule has 0 bridgehead atoms. The normalized spacial score (nSPS) is 10.9. The van der Waals surface area contributed by atoms with Crippen LogP contribution >= 0.6 is 23.8 Å². The van der Waals surface area contributed by atoms with Crippen LogP contribution in [0.1, 0.15) is 34.0 Å². The number of hydrogen-bond donors (Lipinski definition) is 3. The van der Waals surface area contributed by atoms with Crippen LogP contribution in [-0.4, -0.2) is 21.1 Å². The van der Waals surface area contributed by atoms with Gasteiger partial charge in [0.1, 0.15) is 11.3 Å². The van der Waals surface area contributed by atoms with Gasteiger partial charge in [0.2, 0.25) is 5.89 Å². The SMILES string of the molecule is CCc1ccc2oc(-c3cc(NC(=S)NC(=O)c4ccc(C)c(Cl)c4)cc(C)c3O)nc2c1. The van der Waals surface area contributed by atoms with E-state index in [0.717, 1.165) is 23.1 Å². The molecule has 6 nitrogen and oxygen atoms in total. The molecule has 0 unspecified atom stereocenters. The fourth-order valence-electron chi connectivity index (χ4n) is 3.39. The monoisotopic (exact) mass is 479 g/mol. The van der Waals surface area contributed by atoms with Crippen molar-refractivity contribution in [1.29, 1.82) is 0 Å². The van der Waals surface area contributed by atoms with Crippen LogP contribution < -0.4 is 10.6 Å². The van der Waals surface area contributed by atoms with Crippen molar-refractivity contribution in [3.05, 3.63) is 75.8 Å². The number of aromatic hydroxyl groups is 1. The van der Waals surface area contributed by atoms with Gasteiger partial charge in [-0.3, -0.25) is 10.1 Å². The summed E-state index contributed by atoms with van der Waals surface area (Å²) in [5.74, 6) is -0.0189. The van der Waals surface area contributed by atoms with Crippen molar-refractivity contribution in [3.63, 3.8) is 0 Å². The van der Waals surface area contributed by atoms with Gasteiger partial charge in [0.25, 0.3) is 5.91 Å². The Kier molecular flexibility index (Phi) is 6.35. The lowest BCUT2D eigenvalue weighted by molar-refractivity contribution is 0.0977. The number of aryl methyl sites for hydroxylation is 3. The maximum Gasteiger partial charge on any atom is 0.257 e. The maximum absolute atomic E-state index is 12.5. The summed E-state index contributed by atoms with van der Waals surface area (Å²) in [4.78, 5) is 17.1. The fraction of sp³-hybridized carbons (Fsp3) is 0.160. The average molecular weight is 480 g/mol. The highest BCUT2D eigenvalue weighted by molar-refractivity contribution is 7.80. The summed E-state index contributed by atoms with van der Waals surface area (Å²) in [7, 11) is 0. The summed E-state index contributed by atoms with van der Waals surface area (Å²) in [6.45, 7) is 5.69. The van der Waals surface area contributed by atoms with Gasteiger partial charge in [-0.05, 0) is 85.6 Å². The summed E-state index contributed by atoms with van der Waals surface area (Å²) >= 11 is 11.4. The van der Waals surface area contributed by atoms with Crippen LogP contribution in [0.15, 0.2) is 52.9 Å². The van der Waals surface area contributed by atoms with Crippen molar-refractivity contribution in [3.8, 4) is 17.2 Å². The van der Waals surface area contributed by atoms with E-state index in [4.69, 9.17) is 28.2 Å². The molecule has 8 heteroatoms. The van der Waals surface area contributed by atoms with Gasteiger partial charge < -0.3 is 14.8 Å². The number of benzene rings is 3. The number of anilines is 1. The van der Waals surface area contributed by atoms with Crippen molar-refractivity contribution >= 4 is 51.6 Å². The molecule has 1 amide bonds. The Morgan fingerprint density at radius 2 is 1.91 bits per heavy atom. The number of thiocarbonyl (C=S) groups is 1. The number of nitrogens with zero attached hydrogens (tertiary/aromatic N) is 1. The van der Waals surface area contributed by atoms with E-state index < -0.39 is 0 Å². The zero-order chi connectivity index (χ0) is 23.7. The van der Waals surface area contributed by atoms with Gasteiger partial charge in [0, 0.05) is 16.3 Å². The Labute approximate surface area is 201 Å². The summed E-state index contributed by atoms with van der Waals surface area (Å²) < 4.78 is 5.88. The fourth-order valence-corrected chi connectivity index (χ4v) is 3.79. The highest BCUT2D eigenvalue weighted by atomic mass is 35.5. The number of phenols is 1. The zero-order valence-electron chi connectivity index (χ0n) is 18.3. The Morgan fingerprint density at radius 1 is 1.12 bits per heavy atom. The summed E-state index contributed by atoms with van der Waals surface area (Å²) in [5.41, 5.74) is 5.38. The van der Waals surface area contributed by atoms with Crippen LogP contribution in [0.2, 0.25) is 5.02 Å². The molecule has 1 aromatic heterocycles. The highest BCUT2D eigenvalue weighted by Crippen LogP contribution is 2.36. The number of fused-ring (bicyclic) bond motifs is 1. The molecule has 0 aliphatic heterocycles. The maximum atomic E-state index is 12.5. The van der Waals surface area contributed by atoms with Gasteiger partial charge in [-0.25, -0.2) is 4.98 Å². The number of aromatic nitrogens is 1. The van der Waals surface area contributed by atoms with E-state index in [1.165, 1.54) is 0 Å². The van der Waals surface area contributed by atoms with Gasteiger partial charge in [0.15, 0.2) is 10.7 Å². The third-order valence-corrected chi connectivity index (χ3v) is 5.92. The van der Waals surface area contributed by atoms with Crippen LogP contribution in [0.25, 0.3) is 22.6 Å². The van der Waals surface area contributed by atoms with Gasteiger partial charge in [-0.2, -0.15) is 0 Å². The number of oxazole rings is 1. The van der Waals surface area contributed by atoms with E-state index in [-0.39, 0.29) is 16.8 Å². The minimum Gasteiger partial charge on any atom is -0.507 e. The molecular weight excluding hydrogens is 458 g/mol. The first-order valence-electron chi connectivity index (χ1n) is 10.4. The molecule has 1 heterocycles. The topological polar surface area (TPSA) is 87.4 Å². The number of rotatable bonds is 4. The molecule has 4 rings (SSSR count). The molecule has 0 atom stereocenters. The van der Waals surface area contributed by atoms with Crippen molar-refractivity contribution in [1.82, 2.24) is 10.3 Å². The van der Waals surface area contributed by atoms with Crippen LogP contribution in [0, 0.1) is 13.8 Å². The smallest absolute Gasteiger partial charge is 0.257 e. The Morgan fingerprint density at radius 3 is 2.64 bits per heavy atom. The number of carbonyl (C=O) groups excluding carboxylic acids is 1. The van der Waals surface area contributed by atoms with Crippen molar-refractivity contribution in [2.75, 3.05) is 5.32 Å². The lowest BCUT2D eigenvalue weighted by Gasteiger charge is -2.13. The third-order valence-electron chi connectivity index (χ3n) is 5.31. The number of phenolic OH excluding ortho intramolecular Hbond substituents is 1. The van der Waals surface area contributed by atoms with E-state index in [0.29, 0.717) is 38.9 Å². The summed E-state index contributed by atoms with van der Waals surface area (Å²) in [6, 6.07) is 14.3. The minimum atomic E-state index is -0.379. The average Bonchev–Trinajstić information content (AvgIpc) is 3.20. The first-order chi connectivity index (χ1) is 15.7. The number of nitrogens with one attached hydrogen (secondary N) is 2. The Bertz CT molecular complexity index is 1400. The standard InChI is InChI=1S/C25H22ClN3O3S/c1-4-15-6-8-21-20(10-15)28-24(32-21)18-12-17(9-14(3)22(18)30)27-25(33)29-23(31)16-7-5-13(2)19(26)11-16/h5-12,30H,4H2,1-3H3,(H2,27,29,31,33). The number of carbonyl (C=O) groups is 1. The number of hydrogen-bond acceptors (Lipinski definition) is 5. The van der Waals surface area contributed by atoms with Gasteiger partial charge in [0.05, 0.1) is 5.56 Å². The molecule has 168 valence electrons. The van der Waals surface area contributed by atoms with Crippen LogP contribution in [-0.2, 0) is 6.42 Å². The summed E-state index contributed by atoms with van der Waals surface area (Å²) in [5, 5.41) is 16.9. The second-order valence-electron chi connectivity index (χ2n) is 7.74. The van der Waals surface area contributed by atoms with Gasteiger partial charge in [-0.1, -0.05) is 30.7 Å². The van der Waals surface area contributed by atoms with Crippen LogP contribution in [0.5, 0.6) is 5.75 Å². The first-order valence-corrected chi connectivity index (χ1v) is 11.2. The summed E-state index contributed by atoms with van der Waals surface area (Å²) in [6.07, 6.45) is 0.889. The van der Waals surface area contributed by atoms with E-state index in [2.05, 4.69) is 22.5 Å². The molecule has 0 radical (unpaired) electrons. The Balaban J connectivity index is 1.57.